The van der Waals surface area contributed by atoms with Crippen molar-refractivity contribution >= 4 is 39.9 Å². The molecule has 2 aromatic rings. The van der Waals surface area contributed by atoms with E-state index in [1.54, 1.807) is 0 Å². The molecule has 0 nitrogen and oxygen atoms in total. The zero-order chi connectivity index (χ0) is 8.39. The first-order chi connectivity index (χ1) is 5.92. The molecule has 0 saturated carbocycles. The monoisotopic (exact) mass is 180 g/mol. The molecule has 0 aromatic heterocycles. The summed E-state index contributed by atoms with van der Waals surface area (Å²) in [5.41, 5.74) is 1.20. The molecule has 0 unspecified atom stereocenters. The van der Waals surface area contributed by atoms with Gasteiger partial charge in [-0.1, -0.05) is 55.1 Å². The summed E-state index contributed by atoms with van der Waals surface area (Å²) in [7, 11) is 0. The van der Waals surface area contributed by atoms with E-state index < -0.39 is 0 Å². The third kappa shape index (κ3) is 1.93. The Morgan fingerprint density at radius 2 is 1.69 bits per heavy atom. The van der Waals surface area contributed by atoms with Crippen LogP contribution in [0.2, 0.25) is 0 Å². The van der Waals surface area contributed by atoms with E-state index in [0.29, 0.717) is 0 Å². The molecule has 0 aliphatic rings. The van der Waals surface area contributed by atoms with Crippen LogP contribution in [0.4, 0.5) is 0 Å². The largest absolute Gasteiger partial charge is 2.00 e. The Kier molecular flexibility index (Phi) is 3.52. The van der Waals surface area contributed by atoms with Crippen LogP contribution in [0, 0.1) is 0 Å². The van der Waals surface area contributed by atoms with Gasteiger partial charge in [-0.05, 0) is 16.3 Å². The van der Waals surface area contributed by atoms with Gasteiger partial charge in [0.2, 0.25) is 0 Å². The molecule has 0 N–H and O–H groups in total. The molecule has 0 aliphatic heterocycles. The molecule has 0 fully saturated rings. The molecule has 0 radical (unpaired) electrons. The maximum atomic E-state index is 3.78. The van der Waals surface area contributed by atoms with Gasteiger partial charge in [-0.15, -0.1) is 0 Å². The van der Waals surface area contributed by atoms with Crippen LogP contribution in [-0.4, -0.2) is 23.1 Å². The minimum Gasteiger partial charge on any atom is -1.00 e. The molecule has 62 valence electrons. The number of benzene rings is 2. The van der Waals surface area contributed by atoms with Crippen molar-refractivity contribution in [1.82, 2.24) is 0 Å². The first-order valence-corrected chi connectivity index (χ1v) is 4.02. The fraction of sp³-hybridized carbons (Fsp3) is 0. The predicted octanol–water partition coefficient (Wildman–Crippen LogP) is 3.33. The van der Waals surface area contributed by atoms with E-state index in [9.17, 15) is 0 Å². The van der Waals surface area contributed by atoms with Crippen molar-refractivity contribution < 1.29 is 2.85 Å². The number of hydrogen-bond acceptors (Lipinski definition) is 0. The van der Waals surface area contributed by atoms with Gasteiger partial charge in [0.1, 0.15) is 0 Å². The molecule has 0 amide bonds. The van der Waals surface area contributed by atoms with Gasteiger partial charge >= 0.3 is 23.1 Å². The van der Waals surface area contributed by atoms with Gasteiger partial charge in [0.25, 0.3) is 0 Å². The summed E-state index contributed by atoms with van der Waals surface area (Å²) in [5, 5.41) is 2.55. The Balaban J connectivity index is 0. The van der Waals surface area contributed by atoms with E-state index in [0.717, 1.165) is 0 Å². The average molecular weight is 181 g/mol. The molecular formula is C12H12Mg. The van der Waals surface area contributed by atoms with Gasteiger partial charge in [-0.3, -0.25) is 0 Å². The standard InChI is InChI=1S/C12H10.Mg.2H/c1-2-10-7-5-8-11-6-3-4-9-12(10)11;;;/h2-9H,1H2;;;/q;+2;2*-1. The second kappa shape index (κ2) is 4.44. The van der Waals surface area contributed by atoms with Crippen LogP contribution < -0.4 is 0 Å². The fourth-order valence-electron chi connectivity index (χ4n) is 1.43. The summed E-state index contributed by atoms with van der Waals surface area (Å²) in [4.78, 5) is 0. The van der Waals surface area contributed by atoms with Gasteiger partial charge in [-0.2, -0.15) is 0 Å². The van der Waals surface area contributed by atoms with E-state index in [2.05, 4.69) is 49.0 Å². The summed E-state index contributed by atoms with van der Waals surface area (Å²) < 4.78 is 0. The van der Waals surface area contributed by atoms with Crippen LogP contribution in [0.1, 0.15) is 8.42 Å². The van der Waals surface area contributed by atoms with Crippen LogP contribution in [0.3, 0.4) is 0 Å². The summed E-state index contributed by atoms with van der Waals surface area (Å²) >= 11 is 0. The zero-order valence-corrected chi connectivity index (χ0v) is 8.95. The van der Waals surface area contributed by atoms with Crippen LogP contribution in [-0.2, 0) is 0 Å². The average Bonchev–Trinajstić information content (AvgIpc) is 2.17. The van der Waals surface area contributed by atoms with Crippen LogP contribution in [0.5, 0.6) is 0 Å². The Morgan fingerprint density at radius 3 is 2.46 bits per heavy atom. The molecule has 0 spiro atoms. The van der Waals surface area contributed by atoms with Crippen molar-refractivity contribution in [1.29, 1.82) is 0 Å². The predicted molar refractivity (Wildman–Crippen MR) is 62.0 cm³/mol. The first kappa shape index (κ1) is 10.3. The third-order valence-electron chi connectivity index (χ3n) is 2.04. The van der Waals surface area contributed by atoms with Crippen molar-refractivity contribution in [3.8, 4) is 0 Å². The Hall–Kier alpha value is -0.794. The van der Waals surface area contributed by atoms with Crippen LogP contribution >= 0.6 is 0 Å². The zero-order valence-electron chi connectivity index (χ0n) is 9.53. The van der Waals surface area contributed by atoms with Crippen molar-refractivity contribution in [2.24, 2.45) is 0 Å². The maximum Gasteiger partial charge on any atom is 2.00 e. The summed E-state index contributed by atoms with van der Waals surface area (Å²) in [6.45, 7) is 3.78. The topological polar surface area (TPSA) is 0 Å². The fourth-order valence-corrected chi connectivity index (χ4v) is 1.43. The summed E-state index contributed by atoms with van der Waals surface area (Å²) in [5.74, 6) is 0. The molecule has 0 saturated heterocycles. The smallest absolute Gasteiger partial charge is 1.00 e. The van der Waals surface area contributed by atoms with E-state index in [4.69, 9.17) is 0 Å². The Bertz CT molecular complexity index is 421. The minimum atomic E-state index is 0. The van der Waals surface area contributed by atoms with Crippen molar-refractivity contribution in [2.75, 3.05) is 0 Å². The van der Waals surface area contributed by atoms with Gasteiger partial charge in [0.05, 0.1) is 0 Å². The molecule has 0 heterocycles. The number of hydrogen-bond donors (Lipinski definition) is 0. The van der Waals surface area contributed by atoms with E-state index in [1.807, 2.05) is 6.08 Å². The molecule has 0 atom stereocenters. The van der Waals surface area contributed by atoms with Crippen molar-refractivity contribution in [3.63, 3.8) is 0 Å². The van der Waals surface area contributed by atoms with E-state index in [1.165, 1.54) is 16.3 Å². The number of rotatable bonds is 1. The van der Waals surface area contributed by atoms with Crippen molar-refractivity contribution in [3.05, 3.63) is 54.6 Å². The second-order valence-corrected chi connectivity index (χ2v) is 2.77. The molecule has 2 rings (SSSR count). The summed E-state index contributed by atoms with van der Waals surface area (Å²) in [6.07, 6.45) is 1.89. The van der Waals surface area contributed by atoms with Crippen LogP contribution in [0.25, 0.3) is 16.8 Å². The van der Waals surface area contributed by atoms with Gasteiger partial charge in [0, 0.05) is 0 Å². The Labute approximate surface area is 97.4 Å². The summed E-state index contributed by atoms with van der Waals surface area (Å²) in [6, 6.07) is 14.6. The van der Waals surface area contributed by atoms with Gasteiger partial charge in [-0.25, -0.2) is 0 Å². The maximum absolute atomic E-state index is 3.78. The van der Waals surface area contributed by atoms with E-state index >= 15 is 0 Å². The molecule has 1 heteroatoms. The molecule has 0 aliphatic carbocycles. The van der Waals surface area contributed by atoms with Gasteiger partial charge in [0.15, 0.2) is 0 Å². The Morgan fingerprint density at radius 1 is 1.00 bits per heavy atom. The van der Waals surface area contributed by atoms with Crippen LogP contribution in [0.15, 0.2) is 49.0 Å². The minimum absolute atomic E-state index is 0. The van der Waals surface area contributed by atoms with Crippen molar-refractivity contribution in [2.45, 2.75) is 0 Å². The normalized spacial score (nSPS) is 9.23. The first-order valence-electron chi connectivity index (χ1n) is 4.02. The molecule has 2 aromatic carbocycles. The molecular weight excluding hydrogens is 168 g/mol. The second-order valence-electron chi connectivity index (χ2n) is 2.77. The molecule has 13 heavy (non-hydrogen) atoms. The molecule has 0 bridgehead atoms. The third-order valence-corrected chi connectivity index (χ3v) is 2.04. The van der Waals surface area contributed by atoms with E-state index in [-0.39, 0.29) is 25.9 Å². The quantitative estimate of drug-likeness (QED) is 0.591. The van der Waals surface area contributed by atoms with Gasteiger partial charge < -0.3 is 2.85 Å². The number of fused-ring (bicyclic) bond motifs is 1. The SMILES string of the molecule is C=Cc1cccc2ccccc12.[H-].[H-].[Mg+2].